The van der Waals surface area contributed by atoms with Crippen LogP contribution < -0.4 is 11.1 Å². The van der Waals surface area contributed by atoms with E-state index in [-0.39, 0.29) is 17.7 Å². The zero-order valence-corrected chi connectivity index (χ0v) is 14.7. The Balaban J connectivity index is 2.21. The van der Waals surface area contributed by atoms with E-state index in [0.29, 0.717) is 16.2 Å². The lowest BCUT2D eigenvalue weighted by Gasteiger charge is -2.22. The highest BCUT2D eigenvalue weighted by molar-refractivity contribution is 6.07. The summed E-state index contributed by atoms with van der Waals surface area (Å²) in [6.45, 7) is 7.07. The summed E-state index contributed by atoms with van der Waals surface area (Å²) in [5, 5.41) is 10.4. The molecule has 25 heavy (non-hydrogen) atoms. The molecule has 8 heteroatoms. The molecule has 1 unspecified atom stereocenters. The number of hydrogen-bond acceptors (Lipinski definition) is 5. The van der Waals surface area contributed by atoms with Crippen LogP contribution in [0.15, 0.2) is 24.3 Å². The zero-order valence-electron chi connectivity index (χ0n) is 14.7. The van der Waals surface area contributed by atoms with E-state index in [4.69, 9.17) is 16.0 Å². The first-order valence-electron chi connectivity index (χ1n) is 7.76. The van der Waals surface area contributed by atoms with Crippen LogP contribution in [-0.2, 0) is 20.0 Å². The maximum absolute atomic E-state index is 12.7. The number of imide groups is 1. The summed E-state index contributed by atoms with van der Waals surface area (Å²) in [6.07, 6.45) is 0.0636. The van der Waals surface area contributed by atoms with E-state index in [9.17, 15) is 14.4 Å². The van der Waals surface area contributed by atoms with Crippen LogP contribution in [0.4, 0.5) is 4.79 Å². The van der Waals surface area contributed by atoms with Crippen molar-refractivity contribution >= 4 is 23.7 Å². The predicted octanol–water partition coefficient (Wildman–Crippen LogP) is 1.63. The Morgan fingerprint density at radius 1 is 1.28 bits per heavy atom. The van der Waals surface area contributed by atoms with Gasteiger partial charge in [0.05, 0.1) is 6.42 Å². The highest BCUT2D eigenvalue weighted by Gasteiger charge is 2.51. The largest absolute Gasteiger partial charge is 0.384 e. The molecule has 1 heterocycles. The number of nitrogens with one attached hydrogen (secondary N) is 2. The molecule has 0 aliphatic carbocycles. The summed E-state index contributed by atoms with van der Waals surface area (Å²) in [7, 11) is 0. The standard InChI is InChI=1S/C17H22N4O4/c1-16(2,3)9-12(22)25-21-14(23)17(4,20-15(21)24)11-7-5-10(6-8-11)13(18)19/h5-8H,9H2,1-4H3,(H3,18,19)(H,20,24). The van der Waals surface area contributed by atoms with Crippen LogP contribution in [-0.4, -0.2) is 28.8 Å². The van der Waals surface area contributed by atoms with Gasteiger partial charge in [-0.15, -0.1) is 0 Å². The SMILES string of the molecule is CC(C)(C)CC(=O)ON1C(=O)NC(C)(c2ccc(C(=N)N)cc2)C1=O. The fourth-order valence-electron chi connectivity index (χ4n) is 2.44. The molecule has 1 aromatic rings. The molecule has 0 radical (unpaired) electrons. The predicted molar refractivity (Wildman–Crippen MR) is 90.4 cm³/mol. The second-order valence-electron chi connectivity index (χ2n) is 7.35. The van der Waals surface area contributed by atoms with Gasteiger partial charge in [0.1, 0.15) is 11.4 Å². The Morgan fingerprint density at radius 2 is 1.84 bits per heavy atom. The molecule has 2 rings (SSSR count). The number of nitrogens with two attached hydrogens (primary N) is 1. The highest BCUT2D eigenvalue weighted by Crippen LogP contribution is 2.30. The van der Waals surface area contributed by atoms with Gasteiger partial charge < -0.3 is 15.9 Å². The van der Waals surface area contributed by atoms with Crippen molar-refractivity contribution in [2.75, 3.05) is 0 Å². The van der Waals surface area contributed by atoms with Crippen LogP contribution >= 0.6 is 0 Å². The molecule has 3 amide bonds. The Hall–Kier alpha value is -2.90. The van der Waals surface area contributed by atoms with E-state index in [1.807, 2.05) is 20.8 Å². The van der Waals surface area contributed by atoms with Crippen LogP contribution in [0.25, 0.3) is 0 Å². The number of rotatable bonds is 4. The second-order valence-corrected chi connectivity index (χ2v) is 7.35. The first-order chi connectivity index (χ1) is 11.4. The molecule has 1 aliphatic rings. The third kappa shape index (κ3) is 3.78. The van der Waals surface area contributed by atoms with E-state index in [2.05, 4.69) is 5.32 Å². The minimum atomic E-state index is -1.37. The quantitative estimate of drug-likeness (QED) is 0.434. The van der Waals surface area contributed by atoms with E-state index >= 15 is 0 Å². The summed E-state index contributed by atoms with van der Waals surface area (Å²) in [5.74, 6) is -1.45. The van der Waals surface area contributed by atoms with Gasteiger partial charge in [-0.25, -0.2) is 9.59 Å². The summed E-state index contributed by atoms with van der Waals surface area (Å²) >= 11 is 0. The molecule has 0 aromatic heterocycles. The van der Waals surface area contributed by atoms with Crippen molar-refractivity contribution in [1.29, 1.82) is 5.41 Å². The number of nitrogen functional groups attached to an aromatic ring is 1. The molecule has 134 valence electrons. The summed E-state index contributed by atoms with van der Waals surface area (Å²) in [4.78, 5) is 41.7. The fraction of sp³-hybridized carbons (Fsp3) is 0.412. The molecule has 1 saturated heterocycles. The van der Waals surface area contributed by atoms with Crippen LogP contribution in [0.3, 0.4) is 0 Å². The average Bonchev–Trinajstić information content (AvgIpc) is 2.70. The molecule has 1 fully saturated rings. The highest BCUT2D eigenvalue weighted by atomic mass is 16.7. The summed E-state index contributed by atoms with van der Waals surface area (Å²) < 4.78 is 0. The molecule has 1 atom stereocenters. The van der Waals surface area contributed by atoms with Gasteiger partial charge in [-0.05, 0) is 17.9 Å². The maximum Gasteiger partial charge on any atom is 0.359 e. The van der Waals surface area contributed by atoms with Crippen LogP contribution in [0.2, 0.25) is 0 Å². The van der Waals surface area contributed by atoms with Gasteiger partial charge in [0.25, 0.3) is 5.91 Å². The molecule has 4 N–H and O–H groups in total. The van der Waals surface area contributed by atoms with Gasteiger partial charge in [-0.2, -0.15) is 0 Å². The third-order valence-corrected chi connectivity index (χ3v) is 3.79. The molecule has 1 aliphatic heterocycles. The van der Waals surface area contributed by atoms with Gasteiger partial charge in [0, 0.05) is 5.56 Å². The van der Waals surface area contributed by atoms with Gasteiger partial charge in [0.15, 0.2) is 0 Å². The monoisotopic (exact) mass is 346 g/mol. The zero-order chi connectivity index (χ0) is 19.0. The number of urea groups is 1. The Labute approximate surface area is 145 Å². The first-order valence-corrected chi connectivity index (χ1v) is 7.76. The minimum Gasteiger partial charge on any atom is -0.384 e. The van der Waals surface area contributed by atoms with Crippen molar-refractivity contribution in [2.45, 2.75) is 39.7 Å². The number of hydroxylamine groups is 2. The van der Waals surface area contributed by atoms with Crippen molar-refractivity contribution < 1.29 is 19.2 Å². The number of nitrogens with zero attached hydrogens (tertiary/aromatic N) is 1. The summed E-state index contributed by atoms with van der Waals surface area (Å²) in [6, 6.07) is 5.54. The molecular weight excluding hydrogens is 324 g/mol. The van der Waals surface area contributed by atoms with Crippen molar-refractivity contribution in [2.24, 2.45) is 11.1 Å². The van der Waals surface area contributed by atoms with Gasteiger partial charge in [-0.1, -0.05) is 50.1 Å². The van der Waals surface area contributed by atoms with Gasteiger partial charge >= 0.3 is 12.0 Å². The lowest BCUT2D eigenvalue weighted by molar-refractivity contribution is -0.185. The smallest absolute Gasteiger partial charge is 0.359 e. The van der Waals surface area contributed by atoms with Crippen molar-refractivity contribution in [3.8, 4) is 0 Å². The normalized spacial score (nSPS) is 20.4. The van der Waals surface area contributed by atoms with E-state index < -0.39 is 23.4 Å². The molecule has 1 aromatic carbocycles. The van der Waals surface area contributed by atoms with Gasteiger partial charge in [0.2, 0.25) is 0 Å². The Kier molecular flexibility index (Phi) is 4.57. The van der Waals surface area contributed by atoms with Crippen LogP contribution in [0.5, 0.6) is 0 Å². The molecule has 0 saturated carbocycles. The number of carbonyl (C=O) groups is 3. The Bertz CT molecular complexity index is 736. The number of amides is 3. The third-order valence-electron chi connectivity index (χ3n) is 3.79. The molecule has 0 bridgehead atoms. The maximum atomic E-state index is 12.7. The molecule has 0 spiro atoms. The lowest BCUT2D eigenvalue weighted by Crippen LogP contribution is -2.41. The van der Waals surface area contributed by atoms with Crippen molar-refractivity contribution in [1.82, 2.24) is 10.4 Å². The minimum absolute atomic E-state index is 0.0636. The molecular formula is C17H22N4O4. The first kappa shape index (κ1) is 18.4. The number of hydrogen-bond donors (Lipinski definition) is 3. The number of carbonyl (C=O) groups excluding carboxylic acids is 3. The lowest BCUT2D eigenvalue weighted by atomic mass is 9.91. The van der Waals surface area contributed by atoms with Crippen molar-refractivity contribution in [3.05, 3.63) is 35.4 Å². The second kappa shape index (κ2) is 6.19. The van der Waals surface area contributed by atoms with Crippen molar-refractivity contribution in [3.63, 3.8) is 0 Å². The van der Waals surface area contributed by atoms with Crippen LogP contribution in [0, 0.1) is 10.8 Å². The van der Waals surface area contributed by atoms with Crippen LogP contribution in [0.1, 0.15) is 45.2 Å². The average molecular weight is 346 g/mol. The van der Waals surface area contributed by atoms with E-state index in [1.165, 1.54) is 6.92 Å². The fourth-order valence-corrected chi connectivity index (χ4v) is 2.44. The number of benzene rings is 1. The van der Waals surface area contributed by atoms with E-state index in [0.717, 1.165) is 0 Å². The topological polar surface area (TPSA) is 126 Å². The summed E-state index contributed by atoms with van der Waals surface area (Å²) in [5.41, 5.74) is 4.70. The van der Waals surface area contributed by atoms with E-state index in [1.54, 1.807) is 24.3 Å². The van der Waals surface area contributed by atoms with Gasteiger partial charge in [-0.3, -0.25) is 10.2 Å². The Morgan fingerprint density at radius 3 is 2.32 bits per heavy atom. The molecule has 8 nitrogen and oxygen atoms in total. The number of amidine groups is 1.